The van der Waals surface area contributed by atoms with Gasteiger partial charge >= 0.3 is 5.97 Å². The molecule has 0 saturated carbocycles. The first-order valence-corrected chi connectivity index (χ1v) is 10.8. The molecular formula is C21H25N7O6S. The summed E-state index contributed by atoms with van der Waals surface area (Å²) in [5, 5.41) is 37.4. The van der Waals surface area contributed by atoms with Gasteiger partial charge in [0.2, 0.25) is 11.8 Å². The highest BCUT2D eigenvalue weighted by atomic mass is 32.1. The van der Waals surface area contributed by atoms with Gasteiger partial charge in [-0.2, -0.15) is 0 Å². The largest absolute Gasteiger partial charge is 0.478 e. The lowest BCUT2D eigenvalue weighted by Gasteiger charge is -2.25. The summed E-state index contributed by atoms with van der Waals surface area (Å²) in [5.74, 6) is -2.82. The van der Waals surface area contributed by atoms with Crippen molar-refractivity contribution in [3.63, 3.8) is 0 Å². The molecule has 0 radical (unpaired) electrons. The molecule has 0 spiro atoms. The fourth-order valence-corrected chi connectivity index (χ4v) is 3.75. The summed E-state index contributed by atoms with van der Waals surface area (Å²) in [6.07, 6.45) is 1.63. The van der Waals surface area contributed by atoms with E-state index in [0.29, 0.717) is 16.0 Å². The number of nitrogens with zero attached hydrogens (tertiary/aromatic N) is 2. The average Bonchev–Trinajstić information content (AvgIpc) is 3.33. The topological polar surface area (TPSA) is 239 Å². The number of oxime groups is 2. The first-order chi connectivity index (χ1) is 16.6. The number of hydrogen-bond donors (Lipinski definition) is 8. The molecular weight excluding hydrogens is 478 g/mol. The zero-order chi connectivity index (χ0) is 26.0. The molecule has 1 unspecified atom stereocenters. The van der Waals surface area contributed by atoms with E-state index in [1.54, 1.807) is 30.3 Å². The number of nitrogens with two attached hydrogens (primary N) is 3. The molecule has 35 heavy (non-hydrogen) atoms. The highest BCUT2D eigenvalue weighted by Gasteiger charge is 2.32. The molecule has 0 fully saturated rings. The van der Waals surface area contributed by atoms with Crippen molar-refractivity contribution in [2.24, 2.45) is 27.5 Å². The molecule has 0 bridgehead atoms. The minimum Gasteiger partial charge on any atom is -0.478 e. The van der Waals surface area contributed by atoms with Crippen LogP contribution in [0.3, 0.4) is 0 Å². The lowest BCUT2D eigenvalue weighted by molar-refractivity contribution is -0.131. The number of aliphatic carboxylic acids is 1. The third-order valence-electron chi connectivity index (χ3n) is 4.66. The van der Waals surface area contributed by atoms with Gasteiger partial charge in [-0.15, -0.1) is 11.3 Å². The number of thiophene rings is 1. The van der Waals surface area contributed by atoms with Crippen molar-refractivity contribution in [2.75, 3.05) is 6.54 Å². The fraction of sp³-hybridized carbons (Fsp3) is 0.190. The molecule has 13 nitrogen and oxygen atoms in total. The number of hydrogen-bond acceptors (Lipinski definition) is 9. The summed E-state index contributed by atoms with van der Waals surface area (Å²) in [6, 6.07) is 9.68. The SMILES string of the molecule is NC(=NO)c1cccc(CC(N)(/C=C/C(=O)O)C(=O)NCC(=O)NCc2ccc(C(N)=NO)s2)c1. The molecule has 1 aromatic heterocycles. The summed E-state index contributed by atoms with van der Waals surface area (Å²) in [7, 11) is 0. The van der Waals surface area contributed by atoms with Crippen molar-refractivity contribution in [1.82, 2.24) is 10.6 Å². The molecule has 186 valence electrons. The molecule has 2 rings (SSSR count). The Morgan fingerprint density at radius 3 is 2.43 bits per heavy atom. The van der Waals surface area contributed by atoms with Crippen molar-refractivity contribution < 1.29 is 29.9 Å². The summed E-state index contributed by atoms with van der Waals surface area (Å²) < 4.78 is 0. The standard InChI is InChI=1S/C21H25N7O6S/c22-18(27-33)13-3-1-2-12(8-13)9-21(24,7-6-17(30)31)20(32)26-11-16(29)25-10-14-4-5-15(35-14)19(23)28-34/h1-8,33-34H,9-11,24H2,(H2,22,27)(H2,23,28)(H,25,29)(H,26,32)(H,30,31)/b7-6+. The Kier molecular flexibility index (Phi) is 9.31. The summed E-state index contributed by atoms with van der Waals surface area (Å²) in [5.41, 5.74) is 16.4. The van der Waals surface area contributed by atoms with Crippen LogP contribution in [0.15, 0.2) is 58.9 Å². The van der Waals surface area contributed by atoms with Gasteiger partial charge in [0.05, 0.1) is 18.0 Å². The monoisotopic (exact) mass is 503 g/mol. The van der Waals surface area contributed by atoms with Gasteiger partial charge in [-0.05, 0) is 29.8 Å². The first-order valence-electron chi connectivity index (χ1n) is 9.97. The van der Waals surface area contributed by atoms with E-state index < -0.39 is 29.9 Å². The molecule has 14 heteroatoms. The van der Waals surface area contributed by atoms with E-state index in [0.717, 1.165) is 17.0 Å². The van der Waals surface area contributed by atoms with Crippen molar-refractivity contribution >= 4 is 40.8 Å². The Hall–Kier alpha value is -4.43. The molecule has 0 aliphatic heterocycles. The number of nitrogens with one attached hydrogen (secondary N) is 2. The highest BCUT2D eigenvalue weighted by Crippen LogP contribution is 2.17. The number of carboxylic acids is 1. The van der Waals surface area contributed by atoms with Crippen LogP contribution in [0.5, 0.6) is 0 Å². The first kappa shape index (κ1) is 26.8. The average molecular weight is 504 g/mol. The Morgan fingerprint density at radius 2 is 1.77 bits per heavy atom. The van der Waals surface area contributed by atoms with Crippen LogP contribution < -0.4 is 27.8 Å². The maximum Gasteiger partial charge on any atom is 0.328 e. The van der Waals surface area contributed by atoms with Crippen LogP contribution in [0.4, 0.5) is 0 Å². The second kappa shape index (κ2) is 12.2. The van der Waals surface area contributed by atoms with Gasteiger partial charge < -0.3 is 43.4 Å². The van der Waals surface area contributed by atoms with E-state index in [4.69, 9.17) is 32.7 Å². The molecule has 0 saturated heterocycles. The van der Waals surface area contributed by atoms with Crippen LogP contribution in [-0.4, -0.2) is 57.1 Å². The number of carbonyl (C=O) groups is 3. The van der Waals surface area contributed by atoms with E-state index in [-0.39, 0.29) is 24.6 Å². The second-order valence-corrected chi connectivity index (χ2v) is 8.45. The van der Waals surface area contributed by atoms with Gasteiger partial charge in [-0.3, -0.25) is 9.59 Å². The third-order valence-corrected chi connectivity index (χ3v) is 5.77. The number of benzene rings is 1. The molecule has 0 aliphatic carbocycles. The Labute approximate surface area is 203 Å². The Balaban J connectivity index is 2.05. The minimum atomic E-state index is -1.81. The number of carboxylic acid groups (broad SMARTS) is 1. The third kappa shape index (κ3) is 7.83. The summed E-state index contributed by atoms with van der Waals surface area (Å²) >= 11 is 1.22. The van der Waals surface area contributed by atoms with Crippen LogP contribution in [-0.2, 0) is 27.3 Å². The molecule has 2 amide bonds. The van der Waals surface area contributed by atoms with E-state index in [1.807, 2.05) is 0 Å². The van der Waals surface area contributed by atoms with Crippen LogP contribution in [0, 0.1) is 0 Å². The molecule has 0 aliphatic rings. The van der Waals surface area contributed by atoms with Gasteiger partial charge in [-0.25, -0.2) is 4.79 Å². The second-order valence-electron chi connectivity index (χ2n) is 7.28. The number of carbonyl (C=O) groups excluding carboxylic acids is 2. The van der Waals surface area contributed by atoms with Crippen LogP contribution in [0.2, 0.25) is 0 Å². The van der Waals surface area contributed by atoms with Crippen molar-refractivity contribution in [1.29, 1.82) is 0 Å². The predicted octanol–water partition coefficient (Wildman–Crippen LogP) is -0.749. The maximum absolute atomic E-state index is 12.8. The minimum absolute atomic E-state index is 0.0505. The van der Waals surface area contributed by atoms with Gasteiger partial charge in [0, 0.05) is 22.9 Å². The normalized spacial score (nSPS) is 13.9. The molecule has 1 aromatic carbocycles. The molecule has 2 aromatic rings. The Morgan fingerprint density at radius 1 is 1.06 bits per heavy atom. The number of amides is 2. The fourth-order valence-electron chi connectivity index (χ4n) is 2.90. The van der Waals surface area contributed by atoms with E-state index in [2.05, 4.69) is 20.9 Å². The van der Waals surface area contributed by atoms with E-state index in [1.165, 1.54) is 17.4 Å². The predicted molar refractivity (Wildman–Crippen MR) is 128 cm³/mol. The maximum atomic E-state index is 12.8. The van der Waals surface area contributed by atoms with Crippen molar-refractivity contribution in [2.45, 2.75) is 18.5 Å². The number of amidine groups is 2. The zero-order valence-electron chi connectivity index (χ0n) is 18.3. The lowest BCUT2D eigenvalue weighted by atomic mass is 9.89. The smallest absolute Gasteiger partial charge is 0.328 e. The highest BCUT2D eigenvalue weighted by molar-refractivity contribution is 7.14. The van der Waals surface area contributed by atoms with Crippen LogP contribution >= 0.6 is 11.3 Å². The lowest BCUT2D eigenvalue weighted by Crippen LogP contribution is -2.55. The molecule has 1 heterocycles. The Bertz CT molecular complexity index is 1180. The van der Waals surface area contributed by atoms with Crippen molar-refractivity contribution in [3.8, 4) is 0 Å². The van der Waals surface area contributed by atoms with Gasteiger partial charge in [0.1, 0.15) is 5.54 Å². The van der Waals surface area contributed by atoms with Crippen molar-refractivity contribution in [3.05, 3.63) is 69.4 Å². The number of rotatable bonds is 11. The summed E-state index contributed by atoms with van der Waals surface area (Å²) in [4.78, 5) is 37.3. The molecule has 11 N–H and O–H groups in total. The quantitative estimate of drug-likeness (QED) is 0.0631. The van der Waals surface area contributed by atoms with E-state index in [9.17, 15) is 14.4 Å². The van der Waals surface area contributed by atoms with Gasteiger partial charge in [0.25, 0.3) is 0 Å². The van der Waals surface area contributed by atoms with E-state index >= 15 is 0 Å². The zero-order valence-corrected chi connectivity index (χ0v) is 19.2. The van der Waals surface area contributed by atoms with Gasteiger partial charge in [-0.1, -0.05) is 28.5 Å². The van der Waals surface area contributed by atoms with Crippen LogP contribution in [0.25, 0.3) is 0 Å². The summed E-state index contributed by atoms with van der Waals surface area (Å²) in [6.45, 7) is -0.271. The van der Waals surface area contributed by atoms with Crippen LogP contribution in [0.1, 0.15) is 20.9 Å². The van der Waals surface area contributed by atoms with Gasteiger partial charge in [0.15, 0.2) is 11.7 Å². The molecule has 1 atom stereocenters.